The maximum absolute atomic E-state index is 13.6. The first-order valence-electron chi connectivity index (χ1n) is 9.00. The zero-order valence-corrected chi connectivity index (χ0v) is 16.0. The van der Waals surface area contributed by atoms with E-state index in [0.29, 0.717) is 22.7 Å². The van der Waals surface area contributed by atoms with Crippen molar-refractivity contribution in [2.75, 3.05) is 29.6 Å². The van der Waals surface area contributed by atoms with E-state index in [2.05, 4.69) is 16.0 Å². The Labute approximate surface area is 171 Å². The summed E-state index contributed by atoms with van der Waals surface area (Å²) in [7, 11) is 1.51. The van der Waals surface area contributed by atoms with E-state index in [1.54, 1.807) is 48.5 Å². The van der Waals surface area contributed by atoms with Gasteiger partial charge >= 0.3 is 0 Å². The standard InChI is InChI=1S/C22H19F2N3O3/c1-30-19-8-3-2-7-18(19)27-22(29)14-9-11-15(12-10-14)26-20(28)13-25-21-16(23)5-4-6-17(21)24/h2-12,25H,13H2,1H3,(H,26,28)(H,27,29). The monoisotopic (exact) mass is 411 g/mol. The van der Waals surface area contributed by atoms with Crippen LogP contribution in [0.3, 0.4) is 0 Å². The highest BCUT2D eigenvalue weighted by Crippen LogP contribution is 2.24. The number of hydrogen-bond donors (Lipinski definition) is 3. The Bertz CT molecular complexity index is 1040. The van der Waals surface area contributed by atoms with Crippen LogP contribution in [0.1, 0.15) is 10.4 Å². The second-order valence-electron chi connectivity index (χ2n) is 6.23. The van der Waals surface area contributed by atoms with Crippen LogP contribution >= 0.6 is 0 Å². The van der Waals surface area contributed by atoms with Crippen molar-refractivity contribution in [3.05, 3.63) is 83.9 Å². The number of carbonyl (C=O) groups excluding carboxylic acids is 2. The summed E-state index contributed by atoms with van der Waals surface area (Å²) in [6.07, 6.45) is 0. The zero-order chi connectivity index (χ0) is 21.5. The lowest BCUT2D eigenvalue weighted by Gasteiger charge is -2.11. The molecule has 0 atom stereocenters. The van der Waals surface area contributed by atoms with E-state index >= 15 is 0 Å². The summed E-state index contributed by atoms with van der Waals surface area (Å²) in [5, 5.41) is 7.77. The lowest BCUT2D eigenvalue weighted by molar-refractivity contribution is -0.114. The number of halogens is 2. The van der Waals surface area contributed by atoms with Gasteiger partial charge in [0.1, 0.15) is 23.1 Å². The Balaban J connectivity index is 1.57. The minimum Gasteiger partial charge on any atom is -0.495 e. The molecule has 0 aliphatic carbocycles. The van der Waals surface area contributed by atoms with Gasteiger partial charge in [0.2, 0.25) is 5.91 Å². The van der Waals surface area contributed by atoms with E-state index in [1.165, 1.54) is 13.2 Å². The van der Waals surface area contributed by atoms with Gasteiger partial charge in [0.25, 0.3) is 5.91 Å². The highest BCUT2D eigenvalue weighted by atomic mass is 19.1. The third-order valence-corrected chi connectivity index (χ3v) is 4.17. The predicted octanol–water partition coefficient (Wildman–Crippen LogP) is 4.28. The van der Waals surface area contributed by atoms with E-state index in [1.807, 2.05) is 0 Å². The van der Waals surface area contributed by atoms with Crippen LogP contribution in [-0.2, 0) is 4.79 Å². The molecule has 0 fully saturated rings. The Morgan fingerprint density at radius 2 is 1.53 bits per heavy atom. The Morgan fingerprint density at radius 1 is 0.867 bits per heavy atom. The summed E-state index contributed by atoms with van der Waals surface area (Å²) < 4.78 is 32.3. The number of anilines is 3. The fourth-order valence-corrected chi connectivity index (χ4v) is 2.69. The average molecular weight is 411 g/mol. The van der Waals surface area contributed by atoms with Gasteiger partial charge in [-0.15, -0.1) is 0 Å². The van der Waals surface area contributed by atoms with E-state index in [-0.39, 0.29) is 18.1 Å². The van der Waals surface area contributed by atoms with Crippen LogP contribution in [0, 0.1) is 11.6 Å². The molecule has 3 aromatic carbocycles. The van der Waals surface area contributed by atoms with E-state index in [4.69, 9.17) is 4.74 Å². The van der Waals surface area contributed by atoms with Gasteiger partial charge in [-0.25, -0.2) is 8.78 Å². The lowest BCUT2D eigenvalue weighted by Crippen LogP contribution is -2.22. The van der Waals surface area contributed by atoms with Gasteiger partial charge in [0.05, 0.1) is 19.3 Å². The first kappa shape index (κ1) is 20.8. The van der Waals surface area contributed by atoms with E-state index in [9.17, 15) is 18.4 Å². The Morgan fingerprint density at radius 3 is 2.20 bits per heavy atom. The molecule has 0 spiro atoms. The molecule has 8 heteroatoms. The molecule has 0 radical (unpaired) electrons. The van der Waals surface area contributed by atoms with Gasteiger partial charge in [-0.3, -0.25) is 9.59 Å². The predicted molar refractivity (Wildman–Crippen MR) is 111 cm³/mol. The van der Waals surface area contributed by atoms with E-state index in [0.717, 1.165) is 12.1 Å². The number of rotatable bonds is 7. The molecule has 0 aromatic heterocycles. The minimum absolute atomic E-state index is 0.326. The van der Waals surface area contributed by atoms with Crippen LogP contribution in [0.15, 0.2) is 66.7 Å². The van der Waals surface area contributed by atoms with Crippen LogP contribution < -0.4 is 20.7 Å². The van der Waals surface area contributed by atoms with Crippen LogP contribution in [0.5, 0.6) is 5.75 Å². The summed E-state index contributed by atoms with van der Waals surface area (Å²) in [5.41, 5.74) is 0.986. The number of ether oxygens (including phenoxy) is 1. The summed E-state index contributed by atoms with van der Waals surface area (Å²) in [5.74, 6) is -1.87. The second kappa shape index (κ2) is 9.51. The minimum atomic E-state index is -0.784. The number of hydrogen-bond acceptors (Lipinski definition) is 4. The van der Waals surface area contributed by atoms with Gasteiger partial charge < -0.3 is 20.7 Å². The maximum Gasteiger partial charge on any atom is 0.255 e. The lowest BCUT2D eigenvalue weighted by atomic mass is 10.2. The molecule has 6 nitrogen and oxygen atoms in total. The molecule has 3 N–H and O–H groups in total. The molecule has 2 amide bonds. The number of methoxy groups -OCH3 is 1. The normalized spacial score (nSPS) is 10.2. The van der Waals surface area contributed by atoms with Crippen molar-refractivity contribution < 1.29 is 23.1 Å². The molecular formula is C22H19F2N3O3. The van der Waals surface area contributed by atoms with Gasteiger partial charge in [-0.1, -0.05) is 18.2 Å². The average Bonchev–Trinajstić information content (AvgIpc) is 2.74. The van der Waals surface area contributed by atoms with Gasteiger partial charge in [0.15, 0.2) is 0 Å². The third kappa shape index (κ3) is 5.11. The summed E-state index contributed by atoms with van der Waals surface area (Å²) >= 11 is 0. The highest BCUT2D eigenvalue weighted by molar-refractivity contribution is 6.05. The molecule has 0 bridgehead atoms. The zero-order valence-electron chi connectivity index (χ0n) is 16.0. The van der Waals surface area contributed by atoms with Crippen molar-refractivity contribution in [3.63, 3.8) is 0 Å². The van der Waals surface area contributed by atoms with E-state index < -0.39 is 17.5 Å². The number of para-hydroxylation sites is 3. The number of benzene rings is 3. The first-order chi connectivity index (χ1) is 14.5. The molecule has 0 unspecified atom stereocenters. The molecule has 154 valence electrons. The molecule has 0 saturated carbocycles. The summed E-state index contributed by atoms with van der Waals surface area (Å²) in [6, 6.07) is 16.6. The van der Waals surface area contributed by atoms with Gasteiger partial charge in [-0.2, -0.15) is 0 Å². The summed E-state index contributed by atoms with van der Waals surface area (Å²) in [6.45, 7) is -0.326. The number of nitrogens with one attached hydrogen (secondary N) is 3. The molecule has 0 saturated heterocycles. The van der Waals surface area contributed by atoms with Crippen LogP contribution in [-0.4, -0.2) is 25.5 Å². The summed E-state index contributed by atoms with van der Waals surface area (Å²) in [4.78, 5) is 24.4. The third-order valence-electron chi connectivity index (χ3n) is 4.17. The number of carbonyl (C=O) groups is 2. The molecule has 0 aliphatic heterocycles. The molecular weight excluding hydrogens is 392 g/mol. The quantitative estimate of drug-likeness (QED) is 0.542. The van der Waals surface area contributed by atoms with Gasteiger partial charge in [-0.05, 0) is 48.5 Å². The fourth-order valence-electron chi connectivity index (χ4n) is 2.69. The molecule has 3 aromatic rings. The smallest absolute Gasteiger partial charge is 0.255 e. The van der Waals surface area contributed by atoms with Crippen molar-refractivity contribution >= 4 is 28.9 Å². The Hall–Kier alpha value is -3.94. The molecule has 0 heterocycles. The topological polar surface area (TPSA) is 79.5 Å². The first-order valence-corrected chi connectivity index (χ1v) is 9.00. The SMILES string of the molecule is COc1ccccc1NC(=O)c1ccc(NC(=O)CNc2c(F)cccc2F)cc1. The van der Waals surface area contributed by atoms with Crippen molar-refractivity contribution in [1.82, 2.24) is 0 Å². The highest BCUT2D eigenvalue weighted by Gasteiger charge is 2.12. The van der Waals surface area contributed by atoms with Crippen molar-refractivity contribution in [3.8, 4) is 5.75 Å². The fraction of sp³-hybridized carbons (Fsp3) is 0.0909. The largest absolute Gasteiger partial charge is 0.495 e. The van der Waals surface area contributed by atoms with Crippen LogP contribution in [0.25, 0.3) is 0 Å². The van der Waals surface area contributed by atoms with Crippen LogP contribution in [0.4, 0.5) is 25.8 Å². The number of amides is 2. The van der Waals surface area contributed by atoms with Crippen molar-refractivity contribution in [2.24, 2.45) is 0 Å². The van der Waals surface area contributed by atoms with Crippen molar-refractivity contribution in [1.29, 1.82) is 0 Å². The van der Waals surface area contributed by atoms with Gasteiger partial charge in [0, 0.05) is 11.3 Å². The molecule has 30 heavy (non-hydrogen) atoms. The van der Waals surface area contributed by atoms with Crippen molar-refractivity contribution in [2.45, 2.75) is 0 Å². The second-order valence-corrected chi connectivity index (χ2v) is 6.23. The van der Waals surface area contributed by atoms with Crippen LogP contribution in [0.2, 0.25) is 0 Å². The molecule has 3 rings (SSSR count). The Kier molecular flexibility index (Phi) is 6.59. The molecule has 0 aliphatic rings. The maximum atomic E-state index is 13.6.